The topological polar surface area (TPSA) is 58.6 Å². The van der Waals surface area contributed by atoms with E-state index in [4.69, 9.17) is 4.74 Å². The lowest BCUT2D eigenvalue weighted by molar-refractivity contribution is -0.149. The summed E-state index contributed by atoms with van der Waals surface area (Å²) < 4.78 is 5.60. The Morgan fingerprint density at radius 2 is 2.05 bits per heavy atom. The Morgan fingerprint density at radius 1 is 1.33 bits per heavy atom. The fourth-order valence-electron chi connectivity index (χ4n) is 2.69. The van der Waals surface area contributed by atoms with Crippen LogP contribution in [0.1, 0.15) is 46.5 Å². The maximum absolute atomic E-state index is 12.5. The van der Waals surface area contributed by atoms with Crippen LogP contribution in [-0.2, 0) is 14.3 Å². The third kappa shape index (κ3) is 4.70. The molecule has 1 heterocycles. The van der Waals surface area contributed by atoms with Crippen LogP contribution in [0.2, 0.25) is 0 Å². The van der Waals surface area contributed by atoms with Crippen LogP contribution in [0.3, 0.4) is 0 Å². The minimum atomic E-state index is -0.371. The summed E-state index contributed by atoms with van der Waals surface area (Å²) in [6.07, 6.45) is 4.08. The highest BCUT2D eigenvalue weighted by Gasteiger charge is 2.37. The summed E-state index contributed by atoms with van der Waals surface area (Å²) in [5.41, 5.74) is 0. The zero-order chi connectivity index (χ0) is 15.4. The van der Waals surface area contributed by atoms with Gasteiger partial charge in [0.2, 0.25) is 11.8 Å². The van der Waals surface area contributed by atoms with E-state index in [-0.39, 0.29) is 23.9 Å². The molecule has 120 valence electrons. The first-order valence-corrected chi connectivity index (χ1v) is 8.17. The first-order valence-electron chi connectivity index (χ1n) is 8.17. The zero-order valence-corrected chi connectivity index (χ0v) is 13.4. The van der Waals surface area contributed by atoms with E-state index in [2.05, 4.69) is 19.2 Å². The molecular weight excluding hydrogens is 268 g/mol. The lowest BCUT2D eigenvalue weighted by Crippen LogP contribution is -2.62. The van der Waals surface area contributed by atoms with Crippen molar-refractivity contribution in [3.8, 4) is 0 Å². The van der Waals surface area contributed by atoms with E-state index in [1.165, 1.54) is 12.8 Å². The van der Waals surface area contributed by atoms with Crippen molar-refractivity contribution in [3.63, 3.8) is 0 Å². The molecule has 2 atom stereocenters. The van der Waals surface area contributed by atoms with Crippen molar-refractivity contribution in [2.75, 3.05) is 19.8 Å². The highest BCUT2D eigenvalue weighted by atomic mass is 16.5. The number of nitrogens with one attached hydrogen (secondary N) is 1. The number of amides is 2. The summed E-state index contributed by atoms with van der Waals surface area (Å²) in [7, 11) is 0. The summed E-state index contributed by atoms with van der Waals surface area (Å²) >= 11 is 0. The fourth-order valence-corrected chi connectivity index (χ4v) is 2.69. The van der Waals surface area contributed by atoms with E-state index in [1.807, 2.05) is 0 Å². The summed E-state index contributed by atoms with van der Waals surface area (Å²) in [4.78, 5) is 26.2. The van der Waals surface area contributed by atoms with Gasteiger partial charge in [0.1, 0.15) is 12.1 Å². The summed E-state index contributed by atoms with van der Waals surface area (Å²) in [6.45, 7) is 8.04. The Morgan fingerprint density at radius 3 is 2.67 bits per heavy atom. The quantitative estimate of drug-likeness (QED) is 0.692. The number of hydrogen-bond donors (Lipinski definition) is 1. The van der Waals surface area contributed by atoms with E-state index >= 15 is 0 Å². The van der Waals surface area contributed by atoms with Crippen LogP contribution in [0.25, 0.3) is 0 Å². The molecule has 0 aromatic heterocycles. The van der Waals surface area contributed by atoms with Crippen molar-refractivity contribution in [3.05, 3.63) is 0 Å². The molecule has 0 aromatic carbocycles. The molecule has 5 nitrogen and oxygen atoms in total. The number of piperazine rings is 1. The smallest absolute Gasteiger partial charge is 0.245 e. The predicted octanol–water partition coefficient (Wildman–Crippen LogP) is 1.56. The number of carbonyl (C=O) groups is 2. The second-order valence-electron chi connectivity index (χ2n) is 6.77. The van der Waals surface area contributed by atoms with Gasteiger partial charge in [-0.05, 0) is 44.4 Å². The number of carbonyl (C=O) groups excluding carboxylic acids is 2. The molecule has 1 aliphatic heterocycles. The minimum absolute atomic E-state index is 0.0425. The molecule has 2 amide bonds. The van der Waals surface area contributed by atoms with E-state index < -0.39 is 0 Å². The van der Waals surface area contributed by atoms with Crippen LogP contribution in [0.4, 0.5) is 0 Å². The zero-order valence-electron chi connectivity index (χ0n) is 13.4. The van der Waals surface area contributed by atoms with Gasteiger partial charge in [-0.15, -0.1) is 0 Å². The molecule has 5 heteroatoms. The van der Waals surface area contributed by atoms with Crippen LogP contribution < -0.4 is 5.32 Å². The van der Waals surface area contributed by atoms with Gasteiger partial charge in [0.25, 0.3) is 0 Å². The normalized spacial score (nSPS) is 26.4. The average molecular weight is 296 g/mol. The molecule has 0 bridgehead atoms. The van der Waals surface area contributed by atoms with Crippen molar-refractivity contribution in [1.82, 2.24) is 10.2 Å². The van der Waals surface area contributed by atoms with E-state index in [0.29, 0.717) is 25.5 Å². The lowest BCUT2D eigenvalue weighted by Gasteiger charge is -2.38. The molecule has 0 aromatic rings. The third-order valence-electron chi connectivity index (χ3n) is 4.19. The van der Waals surface area contributed by atoms with Gasteiger partial charge < -0.3 is 15.0 Å². The largest absolute Gasteiger partial charge is 0.381 e. The van der Waals surface area contributed by atoms with Gasteiger partial charge in [0.05, 0.1) is 0 Å². The molecule has 2 fully saturated rings. The van der Waals surface area contributed by atoms with Crippen LogP contribution >= 0.6 is 0 Å². The van der Waals surface area contributed by atoms with Crippen LogP contribution in [0.5, 0.6) is 0 Å². The second kappa shape index (κ2) is 7.25. The first-order chi connectivity index (χ1) is 9.99. The van der Waals surface area contributed by atoms with E-state index in [9.17, 15) is 9.59 Å². The summed E-state index contributed by atoms with van der Waals surface area (Å²) in [5, 5.41) is 2.84. The number of ether oxygens (including phenoxy) is 1. The fraction of sp³-hybridized carbons (Fsp3) is 0.875. The van der Waals surface area contributed by atoms with Gasteiger partial charge in [0.15, 0.2) is 0 Å². The summed E-state index contributed by atoms with van der Waals surface area (Å²) in [6, 6.07) is -0.731. The van der Waals surface area contributed by atoms with Crippen LogP contribution in [0.15, 0.2) is 0 Å². The molecular formula is C16H28N2O3. The highest BCUT2D eigenvalue weighted by Crippen LogP contribution is 2.28. The highest BCUT2D eigenvalue weighted by molar-refractivity contribution is 5.96. The van der Waals surface area contributed by atoms with Gasteiger partial charge in [0, 0.05) is 19.8 Å². The molecule has 21 heavy (non-hydrogen) atoms. The Bertz CT molecular complexity index is 380. The number of nitrogens with zero attached hydrogens (tertiary/aromatic N) is 1. The van der Waals surface area contributed by atoms with Crippen molar-refractivity contribution in [2.45, 2.75) is 58.5 Å². The molecule has 0 radical (unpaired) electrons. The maximum atomic E-state index is 12.5. The van der Waals surface area contributed by atoms with Crippen molar-refractivity contribution in [2.24, 2.45) is 11.8 Å². The molecule has 2 rings (SSSR count). The Labute approximate surface area is 127 Å². The van der Waals surface area contributed by atoms with Gasteiger partial charge in [-0.25, -0.2) is 0 Å². The van der Waals surface area contributed by atoms with Crippen molar-refractivity contribution < 1.29 is 14.3 Å². The van der Waals surface area contributed by atoms with Gasteiger partial charge in [-0.1, -0.05) is 13.8 Å². The number of hydrogen-bond acceptors (Lipinski definition) is 3. The Kier molecular flexibility index (Phi) is 5.62. The third-order valence-corrected chi connectivity index (χ3v) is 4.19. The van der Waals surface area contributed by atoms with Crippen LogP contribution in [0, 0.1) is 11.8 Å². The van der Waals surface area contributed by atoms with Crippen molar-refractivity contribution >= 4 is 11.8 Å². The second-order valence-corrected chi connectivity index (χ2v) is 6.77. The summed E-state index contributed by atoms with van der Waals surface area (Å²) in [5.74, 6) is 1.16. The monoisotopic (exact) mass is 296 g/mol. The molecule has 1 N–H and O–H groups in total. The molecule has 1 saturated carbocycles. The van der Waals surface area contributed by atoms with Crippen LogP contribution in [-0.4, -0.2) is 48.6 Å². The minimum Gasteiger partial charge on any atom is -0.381 e. The average Bonchev–Trinajstić information content (AvgIpc) is 3.22. The Balaban J connectivity index is 1.79. The lowest BCUT2D eigenvalue weighted by atomic mass is 9.99. The van der Waals surface area contributed by atoms with Gasteiger partial charge in [-0.3, -0.25) is 9.59 Å². The number of rotatable bonds is 8. The maximum Gasteiger partial charge on any atom is 0.245 e. The molecule has 1 saturated heterocycles. The molecule has 0 spiro atoms. The van der Waals surface area contributed by atoms with Gasteiger partial charge >= 0.3 is 0 Å². The Hall–Kier alpha value is -1.10. The SMILES string of the molecule is CC(C)CC1NC(=O)C(C)N(CCCOCC2CC2)C1=O. The molecule has 2 unspecified atom stereocenters. The molecule has 2 aliphatic rings. The van der Waals surface area contributed by atoms with E-state index in [1.54, 1.807) is 11.8 Å². The van der Waals surface area contributed by atoms with Crippen molar-refractivity contribution in [1.29, 1.82) is 0 Å². The standard InChI is InChI=1S/C16H28N2O3/c1-11(2)9-14-16(20)18(12(3)15(19)17-14)7-4-8-21-10-13-5-6-13/h11-14H,4-10H2,1-3H3,(H,17,19). The first kappa shape index (κ1) is 16.3. The predicted molar refractivity (Wildman–Crippen MR) is 80.7 cm³/mol. The molecule has 1 aliphatic carbocycles. The van der Waals surface area contributed by atoms with Gasteiger partial charge in [-0.2, -0.15) is 0 Å². The van der Waals surface area contributed by atoms with E-state index in [0.717, 1.165) is 18.9 Å².